The average Bonchev–Trinajstić information content (AvgIpc) is 2.62. The van der Waals surface area contributed by atoms with Gasteiger partial charge in [0.25, 0.3) is 0 Å². The van der Waals surface area contributed by atoms with Crippen LogP contribution in [0.15, 0.2) is 48.7 Å². The largest absolute Gasteiger partial charge is 0.481 e. The van der Waals surface area contributed by atoms with E-state index in [-0.39, 0.29) is 0 Å². The summed E-state index contributed by atoms with van der Waals surface area (Å²) in [4.78, 5) is 6.79. The minimum atomic E-state index is 0.601. The van der Waals surface area contributed by atoms with Gasteiger partial charge in [0.2, 0.25) is 5.88 Å². The van der Waals surface area contributed by atoms with Crippen molar-refractivity contribution in [2.75, 3.05) is 20.2 Å². The van der Waals surface area contributed by atoms with Crippen molar-refractivity contribution in [3.05, 3.63) is 59.8 Å². The molecule has 1 N–H and O–H groups in total. The first kappa shape index (κ1) is 16.0. The lowest BCUT2D eigenvalue weighted by atomic mass is 10.0. The van der Waals surface area contributed by atoms with Crippen molar-refractivity contribution in [3.63, 3.8) is 0 Å². The van der Waals surface area contributed by atoms with E-state index in [4.69, 9.17) is 4.74 Å². The second-order valence-electron chi connectivity index (χ2n) is 6.13. The quantitative estimate of drug-likeness (QED) is 0.890. The molecule has 3 rings (SSSR count). The van der Waals surface area contributed by atoms with Gasteiger partial charge in [-0.1, -0.05) is 36.4 Å². The van der Waals surface area contributed by atoms with Gasteiger partial charge in [0.15, 0.2) is 0 Å². The summed E-state index contributed by atoms with van der Waals surface area (Å²) >= 11 is 0. The molecule has 1 fully saturated rings. The van der Waals surface area contributed by atoms with Gasteiger partial charge in [0.1, 0.15) is 0 Å². The molecule has 23 heavy (non-hydrogen) atoms. The molecule has 2 heterocycles. The minimum Gasteiger partial charge on any atom is -0.481 e. The maximum Gasteiger partial charge on any atom is 0.212 e. The Morgan fingerprint density at radius 2 is 1.87 bits per heavy atom. The summed E-state index contributed by atoms with van der Waals surface area (Å²) in [6.07, 6.45) is 4.29. The second kappa shape index (κ2) is 8.09. The van der Waals surface area contributed by atoms with Crippen molar-refractivity contribution in [3.8, 4) is 5.88 Å². The van der Waals surface area contributed by atoms with Crippen LogP contribution in [0.25, 0.3) is 0 Å². The van der Waals surface area contributed by atoms with E-state index in [0.29, 0.717) is 11.9 Å². The molecule has 1 saturated heterocycles. The number of pyridine rings is 1. The highest BCUT2D eigenvalue weighted by Crippen LogP contribution is 2.14. The number of nitrogens with one attached hydrogen (secondary N) is 1. The molecule has 0 bridgehead atoms. The first-order chi connectivity index (χ1) is 11.3. The zero-order valence-corrected chi connectivity index (χ0v) is 13.7. The van der Waals surface area contributed by atoms with E-state index in [1.807, 2.05) is 12.3 Å². The number of benzene rings is 1. The van der Waals surface area contributed by atoms with Crippen LogP contribution in [-0.2, 0) is 13.1 Å². The zero-order valence-electron chi connectivity index (χ0n) is 13.7. The zero-order chi connectivity index (χ0) is 15.9. The average molecular weight is 311 g/mol. The first-order valence-corrected chi connectivity index (χ1v) is 8.32. The Morgan fingerprint density at radius 3 is 2.52 bits per heavy atom. The predicted octanol–water partition coefficient (Wildman–Crippen LogP) is 2.84. The van der Waals surface area contributed by atoms with E-state index in [1.165, 1.54) is 24.0 Å². The van der Waals surface area contributed by atoms with Crippen LogP contribution >= 0.6 is 0 Å². The summed E-state index contributed by atoms with van der Waals surface area (Å²) in [7, 11) is 1.64. The molecule has 1 aliphatic rings. The second-order valence-corrected chi connectivity index (χ2v) is 6.13. The van der Waals surface area contributed by atoms with Gasteiger partial charge in [0, 0.05) is 31.4 Å². The molecule has 0 radical (unpaired) electrons. The molecule has 1 aromatic heterocycles. The van der Waals surface area contributed by atoms with Crippen LogP contribution in [0.2, 0.25) is 0 Å². The maximum absolute atomic E-state index is 5.09. The normalized spacial score (nSPS) is 16.4. The fourth-order valence-electron chi connectivity index (χ4n) is 3.04. The van der Waals surface area contributed by atoms with Crippen LogP contribution in [0.5, 0.6) is 5.88 Å². The van der Waals surface area contributed by atoms with Crippen LogP contribution in [0.3, 0.4) is 0 Å². The highest BCUT2D eigenvalue weighted by Gasteiger charge is 2.18. The fraction of sp³-hybridized carbons (Fsp3) is 0.421. The summed E-state index contributed by atoms with van der Waals surface area (Å²) < 4.78 is 5.09. The lowest BCUT2D eigenvalue weighted by molar-refractivity contribution is 0.190. The van der Waals surface area contributed by atoms with Gasteiger partial charge in [-0.3, -0.25) is 4.90 Å². The third-order valence-corrected chi connectivity index (χ3v) is 4.44. The van der Waals surface area contributed by atoms with Gasteiger partial charge in [-0.2, -0.15) is 0 Å². The molecule has 1 aromatic carbocycles. The number of nitrogens with zero attached hydrogens (tertiary/aromatic N) is 2. The van der Waals surface area contributed by atoms with Crippen LogP contribution in [-0.4, -0.2) is 36.1 Å². The van der Waals surface area contributed by atoms with Crippen molar-refractivity contribution < 1.29 is 4.74 Å². The van der Waals surface area contributed by atoms with Gasteiger partial charge in [0.05, 0.1) is 7.11 Å². The topological polar surface area (TPSA) is 37.4 Å². The van der Waals surface area contributed by atoms with Crippen molar-refractivity contribution in [2.45, 2.75) is 32.0 Å². The van der Waals surface area contributed by atoms with Crippen LogP contribution in [0.4, 0.5) is 0 Å². The Hall–Kier alpha value is -1.91. The summed E-state index contributed by atoms with van der Waals surface area (Å²) in [5, 5.41) is 3.65. The third-order valence-electron chi connectivity index (χ3n) is 4.44. The van der Waals surface area contributed by atoms with Gasteiger partial charge >= 0.3 is 0 Å². The Morgan fingerprint density at radius 1 is 1.09 bits per heavy atom. The molecule has 2 aromatic rings. The number of rotatable bonds is 6. The molecular weight excluding hydrogens is 286 g/mol. The van der Waals surface area contributed by atoms with E-state index < -0.39 is 0 Å². The van der Waals surface area contributed by atoms with Gasteiger partial charge in [-0.15, -0.1) is 0 Å². The summed E-state index contributed by atoms with van der Waals surface area (Å²) in [5.41, 5.74) is 2.61. The number of methoxy groups -OCH3 is 1. The first-order valence-electron chi connectivity index (χ1n) is 8.32. The Labute approximate surface area is 138 Å². The van der Waals surface area contributed by atoms with Gasteiger partial charge < -0.3 is 10.1 Å². The molecule has 122 valence electrons. The van der Waals surface area contributed by atoms with Crippen molar-refractivity contribution in [1.82, 2.24) is 15.2 Å². The fourth-order valence-corrected chi connectivity index (χ4v) is 3.04. The van der Waals surface area contributed by atoms with Crippen molar-refractivity contribution in [2.24, 2.45) is 0 Å². The number of aromatic nitrogens is 1. The molecule has 4 heteroatoms. The third kappa shape index (κ3) is 4.78. The van der Waals surface area contributed by atoms with Gasteiger partial charge in [-0.25, -0.2) is 4.98 Å². The Balaban J connectivity index is 1.40. The van der Waals surface area contributed by atoms with Crippen molar-refractivity contribution in [1.29, 1.82) is 0 Å². The molecule has 0 aliphatic carbocycles. The maximum atomic E-state index is 5.09. The molecular formula is C19H25N3O. The predicted molar refractivity (Wildman–Crippen MR) is 92.4 cm³/mol. The van der Waals surface area contributed by atoms with E-state index >= 15 is 0 Å². The number of likely N-dealkylation sites (tertiary alicyclic amines) is 1. The molecule has 1 aliphatic heterocycles. The summed E-state index contributed by atoms with van der Waals surface area (Å²) in [5.74, 6) is 0.669. The highest BCUT2D eigenvalue weighted by molar-refractivity contribution is 5.17. The molecule has 0 spiro atoms. The monoisotopic (exact) mass is 311 g/mol. The molecule has 0 unspecified atom stereocenters. The highest BCUT2D eigenvalue weighted by atomic mass is 16.5. The lowest BCUT2D eigenvalue weighted by Crippen LogP contribution is -2.41. The standard InChI is InChI=1S/C19H25N3O/c1-23-19-8-7-17(14-21-19)13-20-18-9-11-22(12-10-18)15-16-5-3-2-4-6-16/h2-8,14,18,20H,9-13,15H2,1H3. The molecule has 0 atom stereocenters. The molecule has 0 saturated carbocycles. The molecule has 4 nitrogen and oxygen atoms in total. The summed E-state index contributed by atoms with van der Waals surface area (Å²) in [6.45, 7) is 4.26. The van der Waals surface area contributed by atoms with E-state index in [0.717, 1.165) is 26.2 Å². The SMILES string of the molecule is COc1ccc(CNC2CCN(Cc3ccccc3)CC2)cn1. The van der Waals surface area contributed by atoms with Crippen LogP contribution in [0, 0.1) is 0 Å². The van der Waals surface area contributed by atoms with Crippen LogP contribution in [0.1, 0.15) is 24.0 Å². The number of hydrogen-bond acceptors (Lipinski definition) is 4. The number of hydrogen-bond donors (Lipinski definition) is 1. The Bertz CT molecular complexity index is 577. The van der Waals surface area contributed by atoms with E-state index in [9.17, 15) is 0 Å². The van der Waals surface area contributed by atoms with E-state index in [2.05, 4.69) is 51.6 Å². The van der Waals surface area contributed by atoms with Crippen molar-refractivity contribution >= 4 is 0 Å². The Kier molecular flexibility index (Phi) is 5.61. The molecule has 0 amide bonds. The summed E-state index contributed by atoms with van der Waals surface area (Å²) in [6, 6.07) is 15.3. The number of ether oxygens (including phenoxy) is 1. The smallest absolute Gasteiger partial charge is 0.212 e. The van der Waals surface area contributed by atoms with Gasteiger partial charge in [-0.05, 0) is 37.1 Å². The van der Waals surface area contributed by atoms with Crippen LogP contribution < -0.4 is 10.1 Å². The minimum absolute atomic E-state index is 0.601. The van der Waals surface area contributed by atoms with E-state index in [1.54, 1.807) is 7.11 Å². The number of piperidine rings is 1. The lowest BCUT2D eigenvalue weighted by Gasteiger charge is -2.32.